The number of aliphatic hydroxyl groups is 1. The molecule has 2 nitrogen and oxygen atoms in total. The monoisotopic (exact) mass is 391 g/mol. The molecule has 0 aliphatic heterocycles. The first-order valence-electron chi connectivity index (χ1n) is 10.5. The van der Waals surface area contributed by atoms with Crippen molar-refractivity contribution < 1.29 is 5.11 Å². The first kappa shape index (κ1) is 19.4. The van der Waals surface area contributed by atoms with E-state index in [1.54, 1.807) is 0 Å². The summed E-state index contributed by atoms with van der Waals surface area (Å²) in [6.45, 7) is 0.417. The molecule has 0 amide bonds. The van der Waals surface area contributed by atoms with Crippen LogP contribution in [0.1, 0.15) is 60.9 Å². The van der Waals surface area contributed by atoms with Crippen LogP contribution in [0.3, 0.4) is 0 Å². The fraction of sp³-hybridized carbons (Fsp3) is 0.400. The molecule has 0 spiro atoms. The summed E-state index contributed by atoms with van der Waals surface area (Å²) in [5.41, 5.74) is 2.80. The number of thiazole rings is 1. The molecule has 3 heteroatoms. The van der Waals surface area contributed by atoms with Crippen molar-refractivity contribution >= 4 is 11.3 Å². The van der Waals surface area contributed by atoms with Crippen molar-refractivity contribution in [2.75, 3.05) is 6.61 Å². The van der Waals surface area contributed by atoms with Crippen LogP contribution < -0.4 is 0 Å². The number of aliphatic hydroxyl groups excluding tert-OH is 1. The molecule has 0 bridgehead atoms. The number of hydrogen-bond donors (Lipinski definition) is 1. The summed E-state index contributed by atoms with van der Waals surface area (Å²) in [6.07, 6.45) is 9.68. The van der Waals surface area contributed by atoms with Gasteiger partial charge in [-0.3, -0.25) is 0 Å². The van der Waals surface area contributed by atoms with Gasteiger partial charge < -0.3 is 5.11 Å². The zero-order valence-electron chi connectivity index (χ0n) is 16.3. The van der Waals surface area contributed by atoms with Crippen LogP contribution in [0.5, 0.6) is 0 Å². The predicted molar refractivity (Wildman–Crippen MR) is 118 cm³/mol. The molecule has 0 unspecified atom stereocenters. The maximum absolute atomic E-state index is 8.21. The highest BCUT2D eigenvalue weighted by atomic mass is 32.1. The molecule has 0 atom stereocenters. The number of aromatic nitrogens is 1. The molecule has 0 radical (unpaired) electrons. The molecule has 2 fully saturated rings. The summed E-state index contributed by atoms with van der Waals surface area (Å²) in [5, 5.41) is 9.54. The first-order chi connectivity index (χ1) is 13.8. The van der Waals surface area contributed by atoms with E-state index in [0.29, 0.717) is 18.4 Å². The Hall–Kier alpha value is -1.97. The molecule has 2 aromatic carbocycles. The van der Waals surface area contributed by atoms with Crippen molar-refractivity contribution in [2.24, 2.45) is 5.92 Å². The van der Waals surface area contributed by atoms with Crippen molar-refractivity contribution in [1.82, 2.24) is 4.98 Å². The molecule has 1 aromatic heterocycles. The predicted octanol–water partition coefficient (Wildman–Crippen LogP) is 6.64. The Balaban J connectivity index is 0.000000336. The summed E-state index contributed by atoms with van der Waals surface area (Å²) >= 11 is 1.88. The molecule has 146 valence electrons. The van der Waals surface area contributed by atoms with Crippen LogP contribution in [-0.4, -0.2) is 16.7 Å². The van der Waals surface area contributed by atoms with Crippen LogP contribution in [0.25, 0.3) is 10.4 Å². The smallest absolute Gasteiger partial charge is 0.0962 e. The highest BCUT2D eigenvalue weighted by molar-refractivity contribution is 7.15. The Labute approximate surface area is 172 Å². The SMILES string of the molecule is OCC1CC1.c1ccc(-c2cnc(C3CCC(c4ccccc4)CC3)s2)cc1. The van der Waals surface area contributed by atoms with Gasteiger partial charge in [-0.25, -0.2) is 4.98 Å². The van der Waals surface area contributed by atoms with Gasteiger partial charge in [0.25, 0.3) is 0 Å². The molecule has 28 heavy (non-hydrogen) atoms. The largest absolute Gasteiger partial charge is 0.396 e. The van der Waals surface area contributed by atoms with Crippen LogP contribution in [0.4, 0.5) is 0 Å². The van der Waals surface area contributed by atoms with E-state index in [1.165, 1.54) is 59.5 Å². The molecular formula is C25H29NOS. The van der Waals surface area contributed by atoms with Crippen LogP contribution in [-0.2, 0) is 0 Å². The summed E-state index contributed by atoms with van der Waals surface area (Å²) in [5.74, 6) is 2.08. The van der Waals surface area contributed by atoms with Gasteiger partial charge in [0.1, 0.15) is 0 Å². The summed E-state index contributed by atoms with van der Waals surface area (Å²) in [4.78, 5) is 6.03. The second-order valence-corrected chi connectivity index (χ2v) is 9.08. The Morgan fingerprint density at radius 1 is 0.786 bits per heavy atom. The Bertz CT molecular complexity index is 833. The Morgan fingerprint density at radius 2 is 1.39 bits per heavy atom. The maximum Gasteiger partial charge on any atom is 0.0962 e. The van der Waals surface area contributed by atoms with E-state index in [0.717, 1.165) is 5.92 Å². The Kier molecular flexibility index (Phi) is 6.56. The van der Waals surface area contributed by atoms with Crippen LogP contribution >= 0.6 is 11.3 Å². The minimum atomic E-state index is 0.417. The maximum atomic E-state index is 8.21. The zero-order chi connectivity index (χ0) is 19.2. The minimum Gasteiger partial charge on any atom is -0.396 e. The van der Waals surface area contributed by atoms with Gasteiger partial charge in [0, 0.05) is 18.7 Å². The van der Waals surface area contributed by atoms with Gasteiger partial charge in [-0.2, -0.15) is 0 Å². The summed E-state index contributed by atoms with van der Waals surface area (Å²) in [7, 11) is 0. The van der Waals surface area contributed by atoms with Crippen molar-refractivity contribution in [1.29, 1.82) is 0 Å². The van der Waals surface area contributed by atoms with Crippen LogP contribution in [0, 0.1) is 5.92 Å². The quantitative estimate of drug-likeness (QED) is 0.541. The molecule has 1 heterocycles. The van der Waals surface area contributed by atoms with Gasteiger partial charge in [-0.1, -0.05) is 60.7 Å². The number of nitrogens with zero attached hydrogens (tertiary/aromatic N) is 1. The lowest BCUT2D eigenvalue weighted by Crippen LogP contribution is -2.11. The van der Waals surface area contributed by atoms with Crippen molar-refractivity contribution in [3.63, 3.8) is 0 Å². The third-order valence-corrected chi connectivity index (χ3v) is 7.09. The normalized spacial score (nSPS) is 21.6. The molecule has 0 saturated heterocycles. The lowest BCUT2D eigenvalue weighted by atomic mass is 9.79. The standard InChI is InChI=1S/C21H21NS.C4H8O/c1-3-7-16(8-4-1)17-11-13-19(14-12-17)21-22-15-20(23-21)18-9-5-2-6-10-18;5-3-4-1-2-4/h1-10,15,17,19H,11-14H2;4-5H,1-3H2. The second-order valence-electron chi connectivity index (χ2n) is 8.01. The van der Waals surface area contributed by atoms with E-state index >= 15 is 0 Å². The van der Waals surface area contributed by atoms with Gasteiger partial charge in [0.05, 0.1) is 9.88 Å². The topological polar surface area (TPSA) is 33.1 Å². The highest BCUT2D eigenvalue weighted by Gasteiger charge is 2.25. The minimum absolute atomic E-state index is 0.417. The molecular weight excluding hydrogens is 362 g/mol. The van der Waals surface area contributed by atoms with Crippen molar-refractivity contribution in [3.05, 3.63) is 77.4 Å². The van der Waals surface area contributed by atoms with Crippen molar-refractivity contribution in [3.8, 4) is 10.4 Å². The van der Waals surface area contributed by atoms with E-state index in [-0.39, 0.29) is 0 Å². The first-order valence-corrected chi connectivity index (χ1v) is 11.3. The summed E-state index contributed by atoms with van der Waals surface area (Å²) in [6, 6.07) is 21.6. The Morgan fingerprint density at radius 3 is 1.96 bits per heavy atom. The van der Waals surface area contributed by atoms with Crippen molar-refractivity contribution in [2.45, 2.75) is 50.4 Å². The average Bonchev–Trinajstić information content (AvgIpc) is 3.50. The molecule has 3 aromatic rings. The van der Waals surface area contributed by atoms with Gasteiger partial charge in [0.15, 0.2) is 0 Å². The number of hydrogen-bond acceptors (Lipinski definition) is 3. The number of rotatable bonds is 4. The third-order valence-electron chi connectivity index (χ3n) is 5.88. The van der Waals surface area contributed by atoms with Crippen LogP contribution in [0.2, 0.25) is 0 Å². The van der Waals surface area contributed by atoms with E-state index in [1.807, 2.05) is 11.3 Å². The van der Waals surface area contributed by atoms with E-state index in [4.69, 9.17) is 10.1 Å². The van der Waals surface area contributed by atoms with E-state index < -0.39 is 0 Å². The van der Waals surface area contributed by atoms with Gasteiger partial charge in [-0.05, 0) is 61.5 Å². The fourth-order valence-corrected chi connectivity index (χ4v) is 5.00. The fourth-order valence-electron chi connectivity index (χ4n) is 3.91. The number of benzene rings is 2. The molecule has 2 aliphatic carbocycles. The molecule has 5 rings (SSSR count). The lowest BCUT2D eigenvalue weighted by Gasteiger charge is -2.27. The third kappa shape index (κ3) is 5.09. The van der Waals surface area contributed by atoms with Gasteiger partial charge in [-0.15, -0.1) is 11.3 Å². The van der Waals surface area contributed by atoms with E-state index in [9.17, 15) is 0 Å². The summed E-state index contributed by atoms with van der Waals surface area (Å²) < 4.78 is 0. The zero-order valence-corrected chi connectivity index (χ0v) is 17.2. The van der Waals surface area contributed by atoms with Crippen LogP contribution in [0.15, 0.2) is 66.9 Å². The van der Waals surface area contributed by atoms with E-state index in [2.05, 4.69) is 66.9 Å². The average molecular weight is 392 g/mol. The molecule has 1 N–H and O–H groups in total. The van der Waals surface area contributed by atoms with Gasteiger partial charge >= 0.3 is 0 Å². The molecule has 2 aliphatic rings. The second kappa shape index (κ2) is 9.49. The van der Waals surface area contributed by atoms with Gasteiger partial charge in [0.2, 0.25) is 0 Å². The highest BCUT2D eigenvalue weighted by Crippen LogP contribution is 2.42. The lowest BCUT2D eigenvalue weighted by molar-refractivity contribution is 0.277. The molecule has 2 saturated carbocycles.